The Labute approximate surface area is 171 Å². The number of pyridine rings is 1. The number of carbonyl (C=O) groups excluding carboxylic acids is 1. The van der Waals surface area contributed by atoms with E-state index in [1.54, 1.807) is 47.3 Å². The predicted octanol–water partition coefficient (Wildman–Crippen LogP) is 4.42. The van der Waals surface area contributed by atoms with E-state index in [2.05, 4.69) is 20.6 Å². The van der Waals surface area contributed by atoms with Gasteiger partial charge in [-0.25, -0.2) is 9.67 Å². The lowest BCUT2D eigenvalue weighted by atomic mass is 10.2. The maximum Gasteiger partial charge on any atom is 0.277 e. The molecule has 1 N–H and O–H groups in total. The average molecular weight is 406 g/mol. The highest BCUT2D eigenvalue weighted by Gasteiger charge is 2.12. The maximum absolute atomic E-state index is 12.4. The molecule has 2 aromatic carbocycles. The van der Waals surface area contributed by atoms with Crippen molar-refractivity contribution in [3.05, 3.63) is 95.4 Å². The number of carbonyl (C=O) groups is 1. The summed E-state index contributed by atoms with van der Waals surface area (Å²) in [6, 6.07) is 20.1. The van der Waals surface area contributed by atoms with E-state index in [0.29, 0.717) is 28.9 Å². The van der Waals surface area contributed by atoms with Crippen molar-refractivity contribution >= 4 is 23.2 Å². The molecule has 0 aliphatic carbocycles. The van der Waals surface area contributed by atoms with E-state index < -0.39 is 0 Å². The Hall–Kier alpha value is -3.71. The summed E-state index contributed by atoms with van der Waals surface area (Å²) in [6.07, 6.45) is 3.12. The number of nitrogens with zero attached hydrogens (tertiary/aromatic N) is 4. The summed E-state index contributed by atoms with van der Waals surface area (Å²) in [7, 11) is 0. The zero-order valence-corrected chi connectivity index (χ0v) is 16.0. The first-order valence-corrected chi connectivity index (χ1v) is 9.18. The third-order valence-electron chi connectivity index (χ3n) is 3.99. The normalized spacial score (nSPS) is 10.5. The summed E-state index contributed by atoms with van der Waals surface area (Å²) >= 11 is 5.85. The van der Waals surface area contributed by atoms with Crippen LogP contribution in [0, 0.1) is 0 Å². The standard InChI is InChI=1S/C21H16ClN5O2/c22-16-6-9-18(10-7-16)29-20-11-8-17(12-23-20)24-21(28)19-14-27(26-25-19)13-15-4-2-1-3-5-15/h1-12,14H,13H2,(H,24,28). The quantitative estimate of drug-likeness (QED) is 0.513. The van der Waals surface area contributed by atoms with Crippen LogP contribution < -0.4 is 10.1 Å². The topological polar surface area (TPSA) is 81.9 Å². The molecule has 0 aliphatic rings. The molecule has 0 bridgehead atoms. The summed E-state index contributed by atoms with van der Waals surface area (Å²) in [5.41, 5.74) is 1.82. The Bertz CT molecular complexity index is 1100. The van der Waals surface area contributed by atoms with Crippen LogP contribution >= 0.6 is 11.6 Å². The Morgan fingerprint density at radius 3 is 2.55 bits per heavy atom. The molecule has 0 saturated carbocycles. The van der Waals surface area contributed by atoms with Gasteiger partial charge >= 0.3 is 0 Å². The van der Waals surface area contributed by atoms with Gasteiger partial charge in [0.15, 0.2) is 5.69 Å². The number of hydrogen-bond donors (Lipinski definition) is 1. The first kappa shape index (κ1) is 18.6. The summed E-state index contributed by atoms with van der Waals surface area (Å²) in [5.74, 6) is 0.658. The monoisotopic (exact) mass is 405 g/mol. The molecule has 0 unspecified atom stereocenters. The van der Waals surface area contributed by atoms with Crippen LogP contribution in [0.2, 0.25) is 5.02 Å². The van der Waals surface area contributed by atoms with Gasteiger partial charge in [-0.2, -0.15) is 0 Å². The molecule has 0 radical (unpaired) electrons. The predicted molar refractivity (Wildman–Crippen MR) is 109 cm³/mol. The van der Waals surface area contributed by atoms with Crippen LogP contribution in [0.5, 0.6) is 11.6 Å². The minimum absolute atomic E-state index is 0.224. The van der Waals surface area contributed by atoms with Crippen molar-refractivity contribution < 1.29 is 9.53 Å². The zero-order valence-electron chi connectivity index (χ0n) is 15.2. The van der Waals surface area contributed by atoms with Crippen LogP contribution in [0.1, 0.15) is 16.1 Å². The Morgan fingerprint density at radius 1 is 1.03 bits per heavy atom. The molecule has 0 fully saturated rings. The van der Waals surface area contributed by atoms with E-state index in [1.807, 2.05) is 30.3 Å². The van der Waals surface area contributed by atoms with Crippen LogP contribution in [0.15, 0.2) is 79.1 Å². The SMILES string of the molecule is O=C(Nc1ccc(Oc2ccc(Cl)cc2)nc1)c1cn(Cc2ccccc2)nn1. The lowest BCUT2D eigenvalue weighted by Gasteiger charge is -2.06. The summed E-state index contributed by atoms with van der Waals surface area (Å²) in [6.45, 7) is 0.541. The van der Waals surface area contributed by atoms with Crippen LogP contribution in [0.25, 0.3) is 0 Å². The molecule has 1 amide bonds. The second-order valence-corrected chi connectivity index (χ2v) is 6.62. The van der Waals surface area contributed by atoms with Crippen molar-refractivity contribution in [1.82, 2.24) is 20.0 Å². The van der Waals surface area contributed by atoms with Crippen molar-refractivity contribution in [3.63, 3.8) is 0 Å². The molecule has 0 saturated heterocycles. The average Bonchev–Trinajstić information content (AvgIpc) is 3.21. The molecule has 144 valence electrons. The molecule has 8 heteroatoms. The van der Waals surface area contributed by atoms with Crippen LogP contribution in [-0.4, -0.2) is 25.9 Å². The molecule has 0 atom stereocenters. The number of rotatable bonds is 6. The lowest BCUT2D eigenvalue weighted by Crippen LogP contribution is -2.12. The summed E-state index contributed by atoms with van der Waals surface area (Å²) in [5, 5.41) is 11.3. The van der Waals surface area contributed by atoms with E-state index in [9.17, 15) is 4.79 Å². The van der Waals surface area contributed by atoms with Gasteiger partial charge < -0.3 is 10.1 Å². The molecule has 0 aliphatic heterocycles. The zero-order chi connectivity index (χ0) is 20.1. The van der Waals surface area contributed by atoms with Crippen molar-refractivity contribution in [1.29, 1.82) is 0 Å². The minimum atomic E-state index is -0.363. The van der Waals surface area contributed by atoms with E-state index in [0.717, 1.165) is 5.56 Å². The second kappa shape index (κ2) is 8.53. The summed E-state index contributed by atoms with van der Waals surface area (Å²) < 4.78 is 7.25. The Balaban J connectivity index is 1.36. The number of amides is 1. The number of hydrogen-bond acceptors (Lipinski definition) is 5. The highest BCUT2D eigenvalue weighted by atomic mass is 35.5. The van der Waals surface area contributed by atoms with Gasteiger partial charge in [-0.1, -0.05) is 47.1 Å². The van der Waals surface area contributed by atoms with E-state index >= 15 is 0 Å². The van der Waals surface area contributed by atoms with E-state index in [4.69, 9.17) is 16.3 Å². The number of aromatic nitrogens is 4. The number of benzene rings is 2. The van der Waals surface area contributed by atoms with Crippen LogP contribution in [0.4, 0.5) is 5.69 Å². The highest BCUT2D eigenvalue weighted by molar-refractivity contribution is 6.30. The second-order valence-electron chi connectivity index (χ2n) is 6.18. The molecular weight excluding hydrogens is 390 g/mol. The number of ether oxygens (including phenoxy) is 1. The lowest BCUT2D eigenvalue weighted by molar-refractivity contribution is 0.102. The van der Waals surface area contributed by atoms with Gasteiger partial charge in [0.25, 0.3) is 5.91 Å². The minimum Gasteiger partial charge on any atom is -0.439 e. The fraction of sp³-hybridized carbons (Fsp3) is 0.0476. The smallest absolute Gasteiger partial charge is 0.277 e. The van der Waals surface area contributed by atoms with Crippen molar-refractivity contribution in [3.8, 4) is 11.6 Å². The van der Waals surface area contributed by atoms with Gasteiger partial charge in [-0.05, 0) is 35.9 Å². The number of anilines is 1. The fourth-order valence-corrected chi connectivity index (χ4v) is 2.71. The third kappa shape index (κ3) is 4.97. The van der Waals surface area contributed by atoms with Gasteiger partial charge in [-0.15, -0.1) is 5.10 Å². The van der Waals surface area contributed by atoms with Gasteiger partial charge in [0, 0.05) is 11.1 Å². The van der Waals surface area contributed by atoms with Gasteiger partial charge in [0.1, 0.15) is 5.75 Å². The first-order valence-electron chi connectivity index (χ1n) is 8.80. The number of halogens is 1. The molecule has 29 heavy (non-hydrogen) atoms. The maximum atomic E-state index is 12.4. The Morgan fingerprint density at radius 2 is 1.83 bits per heavy atom. The fourth-order valence-electron chi connectivity index (χ4n) is 2.58. The molecule has 4 rings (SSSR count). The molecule has 2 aromatic heterocycles. The largest absolute Gasteiger partial charge is 0.439 e. The third-order valence-corrected chi connectivity index (χ3v) is 4.24. The molecule has 2 heterocycles. The van der Waals surface area contributed by atoms with Gasteiger partial charge in [-0.3, -0.25) is 4.79 Å². The van der Waals surface area contributed by atoms with E-state index in [1.165, 1.54) is 6.20 Å². The highest BCUT2D eigenvalue weighted by Crippen LogP contribution is 2.22. The summed E-state index contributed by atoms with van der Waals surface area (Å²) in [4.78, 5) is 16.6. The van der Waals surface area contributed by atoms with Crippen molar-refractivity contribution in [2.45, 2.75) is 6.54 Å². The van der Waals surface area contributed by atoms with E-state index in [-0.39, 0.29) is 11.6 Å². The number of nitrogens with one attached hydrogen (secondary N) is 1. The molecule has 0 spiro atoms. The van der Waals surface area contributed by atoms with Crippen molar-refractivity contribution in [2.24, 2.45) is 0 Å². The van der Waals surface area contributed by atoms with Gasteiger partial charge in [0.05, 0.1) is 24.6 Å². The molecular formula is C21H16ClN5O2. The molecule has 4 aromatic rings. The van der Waals surface area contributed by atoms with Gasteiger partial charge in [0.2, 0.25) is 5.88 Å². The van der Waals surface area contributed by atoms with Crippen LogP contribution in [0.3, 0.4) is 0 Å². The van der Waals surface area contributed by atoms with Crippen LogP contribution in [-0.2, 0) is 6.54 Å². The molecule has 7 nitrogen and oxygen atoms in total. The first-order chi connectivity index (χ1) is 14.2. The Kier molecular flexibility index (Phi) is 5.49. The van der Waals surface area contributed by atoms with Crippen molar-refractivity contribution in [2.75, 3.05) is 5.32 Å².